The maximum absolute atomic E-state index is 13.1. The molecule has 1 unspecified atom stereocenters. The normalized spacial score (nSPS) is 15.7. The molecule has 1 aromatic carbocycles. The fraction of sp³-hybridized carbons (Fsp3) is 0.500. The molecule has 4 nitrogen and oxygen atoms in total. The van der Waals surface area contributed by atoms with Crippen molar-refractivity contribution in [2.24, 2.45) is 5.73 Å². The number of carbonyl (C=O) groups excluding carboxylic acids is 1. The Balaban J connectivity index is 0.00000261. The maximum Gasteiger partial charge on any atom is 0.220 e. The number of hydrogen-bond donors (Lipinski definition) is 2. The zero-order chi connectivity index (χ0) is 18.4. The molecule has 0 saturated heterocycles. The average Bonchev–Trinajstić information content (AvgIpc) is 3.07. The quantitative estimate of drug-likeness (QED) is 0.614. The lowest BCUT2D eigenvalue weighted by atomic mass is 9.98. The number of fused-ring (bicyclic) bond motifs is 1. The van der Waals surface area contributed by atoms with Gasteiger partial charge in [0.1, 0.15) is 10.8 Å². The predicted molar refractivity (Wildman–Crippen MR) is 111 cm³/mol. The Bertz CT molecular complexity index is 735. The SMILES string of the molecule is Cl.NCCCCCCC(=O)NC1CCCc2nc(-c3ccc(F)cc3)sc21. The molecule has 3 rings (SSSR count). The molecule has 3 N–H and O–H groups in total. The van der Waals surface area contributed by atoms with Gasteiger partial charge in [-0.2, -0.15) is 0 Å². The number of rotatable bonds is 8. The third-order valence-electron chi connectivity index (χ3n) is 4.73. The Morgan fingerprint density at radius 3 is 2.70 bits per heavy atom. The summed E-state index contributed by atoms with van der Waals surface area (Å²) in [5.74, 6) is -0.126. The fourth-order valence-corrected chi connectivity index (χ4v) is 4.53. The predicted octanol–water partition coefficient (Wildman–Crippen LogP) is 4.77. The molecule has 1 aromatic heterocycles. The highest BCUT2D eigenvalue weighted by Gasteiger charge is 2.26. The van der Waals surface area contributed by atoms with Crippen LogP contribution in [0.25, 0.3) is 10.6 Å². The van der Waals surface area contributed by atoms with E-state index in [0.29, 0.717) is 6.42 Å². The molecule has 27 heavy (non-hydrogen) atoms. The summed E-state index contributed by atoms with van der Waals surface area (Å²) in [4.78, 5) is 18.2. The minimum atomic E-state index is -0.244. The number of unbranched alkanes of at least 4 members (excludes halogenated alkanes) is 3. The first-order valence-corrected chi connectivity index (χ1v) is 10.2. The first kappa shape index (κ1) is 21.8. The van der Waals surface area contributed by atoms with Crippen LogP contribution in [0, 0.1) is 5.82 Å². The van der Waals surface area contributed by atoms with Crippen molar-refractivity contribution in [3.8, 4) is 10.6 Å². The number of nitrogens with two attached hydrogens (primary N) is 1. The Hall–Kier alpha value is -1.50. The van der Waals surface area contributed by atoms with Crippen molar-refractivity contribution < 1.29 is 9.18 Å². The molecule has 1 atom stereocenters. The molecule has 0 saturated carbocycles. The molecule has 1 heterocycles. The van der Waals surface area contributed by atoms with E-state index in [4.69, 9.17) is 10.7 Å². The lowest BCUT2D eigenvalue weighted by Crippen LogP contribution is -2.30. The van der Waals surface area contributed by atoms with Crippen LogP contribution in [-0.2, 0) is 11.2 Å². The van der Waals surface area contributed by atoms with E-state index >= 15 is 0 Å². The lowest BCUT2D eigenvalue weighted by Gasteiger charge is -2.22. The summed E-state index contributed by atoms with van der Waals surface area (Å²) in [7, 11) is 0. The second-order valence-corrected chi connectivity index (χ2v) is 7.83. The number of carbonyl (C=O) groups is 1. The van der Waals surface area contributed by atoms with Gasteiger partial charge in [0, 0.05) is 12.0 Å². The van der Waals surface area contributed by atoms with Gasteiger partial charge in [0.15, 0.2) is 0 Å². The third-order valence-corrected chi connectivity index (χ3v) is 6.00. The van der Waals surface area contributed by atoms with Gasteiger partial charge in [0.25, 0.3) is 0 Å². The number of nitrogens with zero attached hydrogens (tertiary/aromatic N) is 1. The molecular weight excluding hydrogens is 385 g/mol. The van der Waals surface area contributed by atoms with E-state index in [1.54, 1.807) is 23.5 Å². The summed E-state index contributed by atoms with van der Waals surface area (Å²) in [6.07, 6.45) is 7.58. The minimum Gasteiger partial charge on any atom is -0.348 e. The van der Waals surface area contributed by atoms with Gasteiger partial charge in [-0.1, -0.05) is 12.8 Å². The van der Waals surface area contributed by atoms with Gasteiger partial charge in [-0.05, 0) is 62.9 Å². The third kappa shape index (κ3) is 5.99. The van der Waals surface area contributed by atoms with Crippen LogP contribution >= 0.6 is 23.7 Å². The number of benzene rings is 1. The second-order valence-electron chi connectivity index (χ2n) is 6.80. The van der Waals surface area contributed by atoms with Crippen LogP contribution in [0.15, 0.2) is 24.3 Å². The molecular formula is C20H27ClFN3OS. The molecule has 1 aliphatic carbocycles. The van der Waals surface area contributed by atoms with Crippen LogP contribution in [0.5, 0.6) is 0 Å². The van der Waals surface area contributed by atoms with Crippen LogP contribution in [0.3, 0.4) is 0 Å². The zero-order valence-electron chi connectivity index (χ0n) is 15.4. The lowest BCUT2D eigenvalue weighted by molar-refractivity contribution is -0.122. The number of amides is 1. The molecule has 0 bridgehead atoms. The summed E-state index contributed by atoms with van der Waals surface area (Å²) < 4.78 is 13.1. The summed E-state index contributed by atoms with van der Waals surface area (Å²) in [6.45, 7) is 0.721. The Kier molecular flexibility index (Phi) is 8.67. The van der Waals surface area contributed by atoms with Crippen LogP contribution in [0.1, 0.15) is 61.6 Å². The first-order chi connectivity index (χ1) is 12.7. The standard InChI is InChI=1S/C20H26FN3OS.ClH/c21-15-11-9-14(10-12-15)20-24-17-7-5-6-16(19(17)26-20)23-18(25)8-3-1-2-4-13-22;/h9-12,16H,1-8,13,22H2,(H,23,25);1H. The Morgan fingerprint density at radius 1 is 1.22 bits per heavy atom. The van der Waals surface area contributed by atoms with E-state index in [9.17, 15) is 9.18 Å². The summed E-state index contributed by atoms with van der Waals surface area (Å²) in [6, 6.07) is 6.49. The van der Waals surface area contributed by atoms with Gasteiger partial charge in [-0.3, -0.25) is 4.79 Å². The summed E-state index contributed by atoms with van der Waals surface area (Å²) >= 11 is 1.62. The Labute approximate surface area is 170 Å². The fourth-order valence-electron chi connectivity index (χ4n) is 3.32. The van der Waals surface area contributed by atoms with Gasteiger partial charge in [0.05, 0.1) is 16.6 Å². The van der Waals surface area contributed by atoms with Crippen molar-refractivity contribution in [3.63, 3.8) is 0 Å². The highest BCUT2D eigenvalue weighted by Crippen LogP contribution is 2.38. The first-order valence-electron chi connectivity index (χ1n) is 9.42. The van der Waals surface area contributed by atoms with E-state index in [1.807, 2.05) is 0 Å². The van der Waals surface area contributed by atoms with Crippen LogP contribution in [0.2, 0.25) is 0 Å². The summed E-state index contributed by atoms with van der Waals surface area (Å²) in [5.41, 5.74) is 7.49. The van der Waals surface area contributed by atoms with Gasteiger partial charge >= 0.3 is 0 Å². The minimum absolute atomic E-state index is 0. The molecule has 2 aromatic rings. The number of aromatic nitrogens is 1. The van der Waals surface area contributed by atoms with Crippen molar-refractivity contribution in [2.75, 3.05) is 6.54 Å². The molecule has 1 amide bonds. The van der Waals surface area contributed by atoms with Crippen molar-refractivity contribution >= 4 is 29.7 Å². The van der Waals surface area contributed by atoms with Crippen molar-refractivity contribution in [3.05, 3.63) is 40.7 Å². The number of nitrogens with one attached hydrogen (secondary N) is 1. The van der Waals surface area contributed by atoms with Crippen molar-refractivity contribution in [1.29, 1.82) is 0 Å². The Morgan fingerprint density at radius 2 is 1.96 bits per heavy atom. The van der Waals surface area contributed by atoms with E-state index in [-0.39, 0.29) is 30.2 Å². The molecule has 0 aliphatic heterocycles. The highest BCUT2D eigenvalue weighted by molar-refractivity contribution is 7.15. The molecule has 0 fully saturated rings. The monoisotopic (exact) mass is 411 g/mol. The van der Waals surface area contributed by atoms with E-state index in [1.165, 1.54) is 12.1 Å². The van der Waals surface area contributed by atoms with Crippen LogP contribution < -0.4 is 11.1 Å². The van der Waals surface area contributed by atoms with Crippen molar-refractivity contribution in [1.82, 2.24) is 10.3 Å². The molecule has 148 valence electrons. The number of halogens is 2. The van der Waals surface area contributed by atoms with E-state index in [0.717, 1.165) is 72.6 Å². The average molecular weight is 412 g/mol. The van der Waals surface area contributed by atoms with Gasteiger partial charge in [-0.25, -0.2) is 9.37 Å². The zero-order valence-corrected chi connectivity index (χ0v) is 17.0. The molecule has 0 spiro atoms. The molecule has 1 aliphatic rings. The largest absolute Gasteiger partial charge is 0.348 e. The number of aryl methyl sites for hydroxylation is 1. The second kappa shape index (κ2) is 10.7. The van der Waals surface area contributed by atoms with Gasteiger partial charge < -0.3 is 11.1 Å². The van der Waals surface area contributed by atoms with E-state index in [2.05, 4.69) is 5.32 Å². The topological polar surface area (TPSA) is 68.0 Å². The van der Waals surface area contributed by atoms with Gasteiger partial charge in [0.2, 0.25) is 5.91 Å². The highest BCUT2D eigenvalue weighted by atomic mass is 35.5. The number of hydrogen-bond acceptors (Lipinski definition) is 4. The molecule has 7 heteroatoms. The van der Waals surface area contributed by atoms with E-state index < -0.39 is 0 Å². The molecule has 0 radical (unpaired) electrons. The number of thiazole rings is 1. The van der Waals surface area contributed by atoms with Gasteiger partial charge in [-0.15, -0.1) is 23.7 Å². The van der Waals surface area contributed by atoms with Crippen LogP contribution in [0.4, 0.5) is 4.39 Å². The summed E-state index contributed by atoms with van der Waals surface area (Å²) in [5, 5.41) is 4.09. The smallest absolute Gasteiger partial charge is 0.220 e. The van der Waals surface area contributed by atoms with Crippen molar-refractivity contribution in [2.45, 2.75) is 57.4 Å². The van der Waals surface area contributed by atoms with Crippen LogP contribution in [-0.4, -0.2) is 17.4 Å². The maximum atomic E-state index is 13.1.